The lowest BCUT2D eigenvalue weighted by atomic mass is 9.98. The van der Waals surface area contributed by atoms with Crippen molar-refractivity contribution in [2.24, 2.45) is 0 Å². The first-order valence-electron chi connectivity index (χ1n) is 10.6. The molecule has 0 saturated carbocycles. The van der Waals surface area contributed by atoms with Crippen LogP contribution in [0, 0.1) is 41.5 Å². The van der Waals surface area contributed by atoms with Crippen LogP contribution in [0.15, 0.2) is 21.1 Å². The van der Waals surface area contributed by atoms with Crippen molar-refractivity contribution in [2.75, 3.05) is 13.1 Å². The number of carbonyl (C=O) groups is 2. The number of benzene rings is 2. The van der Waals surface area contributed by atoms with Gasteiger partial charge in [0, 0.05) is 33.2 Å². The van der Waals surface area contributed by atoms with Gasteiger partial charge in [-0.25, -0.2) is 0 Å². The van der Waals surface area contributed by atoms with Gasteiger partial charge < -0.3 is 10.6 Å². The number of amides is 2. The van der Waals surface area contributed by atoms with Crippen LogP contribution in [0.3, 0.4) is 0 Å². The van der Waals surface area contributed by atoms with Gasteiger partial charge in [-0.05, 0) is 106 Å². The van der Waals surface area contributed by atoms with Crippen molar-refractivity contribution >= 4 is 43.7 Å². The van der Waals surface area contributed by atoms with Gasteiger partial charge >= 0.3 is 0 Å². The Kier molecular flexibility index (Phi) is 9.31. The molecular weight excluding hydrogens is 520 g/mol. The van der Waals surface area contributed by atoms with Gasteiger partial charge in [0.05, 0.1) is 0 Å². The SMILES string of the molecule is Cc1c(Br)cc(C(=O)NCCCCCNC(=O)c2cc(Br)c(C)c(C)c2C)c(C)c1C. The standard InChI is InChI=1S/C25H32Br2N2O2/c1-14-16(3)20(12-22(26)18(14)5)24(30)28-10-8-7-9-11-29-25(31)21-13-23(27)19(6)15(2)17(21)4/h12-13H,7-11H2,1-6H3,(H,28,30)(H,29,31). The van der Waals surface area contributed by atoms with E-state index in [4.69, 9.17) is 0 Å². The number of halogens is 2. The maximum atomic E-state index is 12.5. The highest BCUT2D eigenvalue weighted by molar-refractivity contribution is 9.10. The number of rotatable bonds is 8. The Bertz CT molecular complexity index is 920. The average Bonchev–Trinajstić information content (AvgIpc) is 2.74. The number of hydrogen-bond donors (Lipinski definition) is 2. The van der Waals surface area contributed by atoms with Crippen LogP contribution in [0.4, 0.5) is 0 Å². The molecule has 2 N–H and O–H groups in total. The fourth-order valence-electron chi connectivity index (χ4n) is 3.50. The van der Waals surface area contributed by atoms with Crippen molar-refractivity contribution in [1.82, 2.24) is 10.6 Å². The highest BCUT2D eigenvalue weighted by Crippen LogP contribution is 2.26. The lowest BCUT2D eigenvalue weighted by Crippen LogP contribution is -2.27. The molecule has 0 atom stereocenters. The number of carbonyl (C=O) groups excluding carboxylic acids is 2. The molecular formula is C25H32Br2N2O2. The highest BCUT2D eigenvalue weighted by atomic mass is 79.9. The van der Waals surface area contributed by atoms with Crippen LogP contribution in [0.1, 0.15) is 73.4 Å². The lowest BCUT2D eigenvalue weighted by molar-refractivity contribution is 0.0946. The first-order valence-corrected chi connectivity index (χ1v) is 12.2. The van der Waals surface area contributed by atoms with E-state index in [1.165, 1.54) is 11.1 Å². The van der Waals surface area contributed by atoms with E-state index in [-0.39, 0.29) is 11.8 Å². The van der Waals surface area contributed by atoms with E-state index < -0.39 is 0 Å². The molecule has 4 nitrogen and oxygen atoms in total. The van der Waals surface area contributed by atoms with E-state index in [1.54, 1.807) is 0 Å². The van der Waals surface area contributed by atoms with E-state index in [2.05, 4.69) is 42.5 Å². The minimum atomic E-state index is -0.0367. The van der Waals surface area contributed by atoms with Crippen molar-refractivity contribution in [3.05, 3.63) is 65.6 Å². The Morgan fingerprint density at radius 1 is 0.613 bits per heavy atom. The van der Waals surface area contributed by atoms with Crippen molar-refractivity contribution < 1.29 is 9.59 Å². The Morgan fingerprint density at radius 2 is 0.968 bits per heavy atom. The van der Waals surface area contributed by atoms with E-state index in [1.807, 2.05) is 53.7 Å². The van der Waals surface area contributed by atoms with Crippen molar-refractivity contribution in [2.45, 2.75) is 60.8 Å². The molecule has 0 aromatic heterocycles. The number of hydrogen-bond acceptors (Lipinski definition) is 2. The predicted molar refractivity (Wildman–Crippen MR) is 135 cm³/mol. The molecule has 168 valence electrons. The lowest BCUT2D eigenvalue weighted by Gasteiger charge is -2.14. The minimum Gasteiger partial charge on any atom is -0.352 e. The summed E-state index contributed by atoms with van der Waals surface area (Å²) in [7, 11) is 0. The van der Waals surface area contributed by atoms with Gasteiger partial charge in [0.15, 0.2) is 0 Å². The molecule has 6 heteroatoms. The Balaban J connectivity index is 1.75. The normalized spacial score (nSPS) is 10.8. The van der Waals surface area contributed by atoms with Crippen molar-refractivity contribution in [3.63, 3.8) is 0 Å². The Labute approximate surface area is 202 Å². The third kappa shape index (κ3) is 6.19. The molecule has 0 spiro atoms. The number of nitrogens with one attached hydrogen (secondary N) is 2. The largest absolute Gasteiger partial charge is 0.352 e. The summed E-state index contributed by atoms with van der Waals surface area (Å²) >= 11 is 7.07. The van der Waals surface area contributed by atoms with Crippen LogP contribution in [0.5, 0.6) is 0 Å². The van der Waals surface area contributed by atoms with Crippen LogP contribution in [-0.2, 0) is 0 Å². The third-order valence-corrected chi connectivity index (χ3v) is 7.88. The molecule has 2 aromatic carbocycles. The van der Waals surface area contributed by atoms with E-state index >= 15 is 0 Å². The summed E-state index contributed by atoms with van der Waals surface area (Å²) < 4.78 is 1.92. The molecule has 0 aliphatic heterocycles. The van der Waals surface area contributed by atoms with Gasteiger partial charge in [-0.15, -0.1) is 0 Å². The maximum Gasteiger partial charge on any atom is 0.251 e. The second-order valence-electron chi connectivity index (χ2n) is 8.13. The van der Waals surface area contributed by atoms with E-state index in [9.17, 15) is 9.59 Å². The van der Waals surface area contributed by atoms with E-state index in [0.717, 1.165) is 61.6 Å². The van der Waals surface area contributed by atoms with Gasteiger partial charge in [-0.1, -0.05) is 31.9 Å². The predicted octanol–water partition coefficient (Wildman–Crippen LogP) is 6.39. The van der Waals surface area contributed by atoms with Gasteiger partial charge in [-0.3, -0.25) is 9.59 Å². The molecule has 0 heterocycles. The molecule has 0 unspecified atom stereocenters. The molecule has 0 aliphatic carbocycles. The van der Waals surface area contributed by atoms with E-state index in [0.29, 0.717) is 13.1 Å². The monoisotopic (exact) mass is 550 g/mol. The van der Waals surface area contributed by atoms with Gasteiger partial charge in [0.2, 0.25) is 0 Å². The second-order valence-corrected chi connectivity index (χ2v) is 9.84. The van der Waals surface area contributed by atoms with Gasteiger partial charge in [0.1, 0.15) is 0 Å². The first kappa shape index (κ1) is 25.6. The molecule has 0 saturated heterocycles. The zero-order valence-corrected chi connectivity index (χ0v) is 22.4. The second kappa shape index (κ2) is 11.3. The van der Waals surface area contributed by atoms with Crippen LogP contribution in [0.25, 0.3) is 0 Å². The number of unbranched alkanes of at least 4 members (excludes halogenated alkanes) is 2. The molecule has 0 radical (unpaired) electrons. The highest BCUT2D eigenvalue weighted by Gasteiger charge is 2.15. The molecule has 2 aromatic rings. The summed E-state index contributed by atoms with van der Waals surface area (Å²) in [5.74, 6) is -0.0733. The van der Waals surface area contributed by atoms with Crippen molar-refractivity contribution in [1.29, 1.82) is 0 Å². The van der Waals surface area contributed by atoms with Crippen LogP contribution >= 0.6 is 31.9 Å². The molecule has 2 rings (SSSR count). The van der Waals surface area contributed by atoms with Crippen LogP contribution in [0.2, 0.25) is 0 Å². The van der Waals surface area contributed by atoms with Gasteiger partial charge in [-0.2, -0.15) is 0 Å². The summed E-state index contributed by atoms with van der Waals surface area (Å²) in [5.41, 5.74) is 8.10. The molecule has 0 aliphatic rings. The summed E-state index contributed by atoms with van der Waals surface area (Å²) in [6.45, 7) is 13.4. The molecule has 2 amide bonds. The smallest absolute Gasteiger partial charge is 0.251 e. The molecule has 0 fully saturated rings. The van der Waals surface area contributed by atoms with Crippen molar-refractivity contribution in [3.8, 4) is 0 Å². The minimum absolute atomic E-state index is 0.0367. The third-order valence-electron chi connectivity index (χ3n) is 6.23. The fraction of sp³-hybridized carbons (Fsp3) is 0.440. The first-order chi connectivity index (χ1) is 14.6. The summed E-state index contributed by atoms with van der Waals surface area (Å²) in [6.07, 6.45) is 2.69. The zero-order chi connectivity index (χ0) is 23.3. The quantitative estimate of drug-likeness (QED) is 0.373. The summed E-state index contributed by atoms with van der Waals surface area (Å²) in [6, 6.07) is 3.80. The zero-order valence-electron chi connectivity index (χ0n) is 19.3. The fourth-order valence-corrected chi connectivity index (χ4v) is 4.56. The molecule has 0 bridgehead atoms. The summed E-state index contributed by atoms with van der Waals surface area (Å²) in [4.78, 5) is 25.1. The maximum absolute atomic E-state index is 12.5. The van der Waals surface area contributed by atoms with Crippen LogP contribution < -0.4 is 10.6 Å². The topological polar surface area (TPSA) is 58.2 Å². The Morgan fingerprint density at radius 3 is 1.32 bits per heavy atom. The summed E-state index contributed by atoms with van der Waals surface area (Å²) in [5, 5.41) is 6.02. The average molecular weight is 552 g/mol. The van der Waals surface area contributed by atoms with Crippen LogP contribution in [-0.4, -0.2) is 24.9 Å². The Hall–Kier alpha value is -1.66. The molecule has 31 heavy (non-hydrogen) atoms. The van der Waals surface area contributed by atoms with Gasteiger partial charge in [0.25, 0.3) is 11.8 Å².